The Labute approximate surface area is 118 Å². The van der Waals surface area contributed by atoms with E-state index in [2.05, 4.69) is 16.6 Å². The molecule has 1 fully saturated rings. The van der Waals surface area contributed by atoms with E-state index in [1.165, 1.54) is 0 Å². The lowest BCUT2D eigenvalue weighted by Crippen LogP contribution is -2.45. The maximum Gasteiger partial charge on any atom is 0.387 e. The van der Waals surface area contributed by atoms with Crippen LogP contribution in [0.1, 0.15) is 25.3 Å². The van der Waals surface area contributed by atoms with Gasteiger partial charge in [0.2, 0.25) is 0 Å². The Bertz CT molecular complexity index is 411. The molecule has 2 rings (SSSR count). The van der Waals surface area contributed by atoms with Gasteiger partial charge in [-0.15, -0.1) is 0 Å². The van der Waals surface area contributed by atoms with E-state index in [0.717, 1.165) is 31.5 Å². The van der Waals surface area contributed by atoms with Gasteiger partial charge in [-0.25, -0.2) is 0 Å². The van der Waals surface area contributed by atoms with Crippen LogP contribution in [0.25, 0.3) is 0 Å². The molecule has 0 bridgehead atoms. The molecule has 5 heteroatoms. The molecule has 112 valence electrons. The third-order valence-corrected chi connectivity index (χ3v) is 3.95. The molecule has 0 aromatic heterocycles. The lowest BCUT2D eigenvalue weighted by molar-refractivity contribution is -0.0498. The number of ether oxygens (including phenoxy) is 1. The second-order valence-corrected chi connectivity index (χ2v) is 5.36. The Kier molecular flexibility index (Phi) is 5.31. The van der Waals surface area contributed by atoms with Gasteiger partial charge in [0, 0.05) is 12.6 Å². The number of likely N-dealkylation sites (tertiary alicyclic amines) is 1. The summed E-state index contributed by atoms with van der Waals surface area (Å²) in [7, 11) is 0. The van der Waals surface area contributed by atoms with Gasteiger partial charge in [-0.2, -0.15) is 8.78 Å². The van der Waals surface area contributed by atoms with E-state index in [1.54, 1.807) is 24.3 Å². The quantitative estimate of drug-likeness (QED) is 0.903. The Hall–Kier alpha value is -1.20. The lowest BCUT2D eigenvalue weighted by atomic mass is 9.91. The molecule has 1 aliphatic rings. The van der Waals surface area contributed by atoms with Crippen molar-refractivity contribution in [3.8, 4) is 5.75 Å². The van der Waals surface area contributed by atoms with E-state index in [4.69, 9.17) is 0 Å². The molecule has 1 aromatic rings. The minimum Gasteiger partial charge on any atom is -0.435 e. The number of hydrogen-bond acceptors (Lipinski definition) is 3. The van der Waals surface area contributed by atoms with Gasteiger partial charge in [0.15, 0.2) is 0 Å². The summed E-state index contributed by atoms with van der Waals surface area (Å²) in [5, 5.41) is 9.51. The number of aliphatic hydroxyl groups excluding tert-OH is 1. The van der Waals surface area contributed by atoms with Crippen LogP contribution in [0.3, 0.4) is 0 Å². The minimum atomic E-state index is -2.79. The zero-order valence-corrected chi connectivity index (χ0v) is 11.6. The Morgan fingerprint density at radius 1 is 1.35 bits per heavy atom. The zero-order chi connectivity index (χ0) is 14.5. The molecule has 1 saturated heterocycles. The Balaban J connectivity index is 1.98. The van der Waals surface area contributed by atoms with Crippen molar-refractivity contribution in [1.29, 1.82) is 0 Å². The average Bonchev–Trinajstić information content (AvgIpc) is 2.41. The standard InChI is InChI=1S/C15H21F2NO2/c1-11-3-2-8-18(14(11)10-19)9-12-4-6-13(7-5-12)20-15(16)17/h4-7,11,14-15,19H,2-3,8-10H2,1H3. The van der Waals surface area contributed by atoms with Crippen LogP contribution in [0.2, 0.25) is 0 Å². The molecular weight excluding hydrogens is 264 g/mol. The van der Waals surface area contributed by atoms with Gasteiger partial charge >= 0.3 is 6.61 Å². The Morgan fingerprint density at radius 3 is 2.65 bits per heavy atom. The molecule has 1 aliphatic heterocycles. The van der Waals surface area contributed by atoms with Gasteiger partial charge in [0.25, 0.3) is 0 Å². The third kappa shape index (κ3) is 3.90. The molecule has 0 aliphatic carbocycles. The van der Waals surface area contributed by atoms with Crippen LogP contribution in [0.4, 0.5) is 8.78 Å². The van der Waals surface area contributed by atoms with Crippen LogP contribution < -0.4 is 4.74 Å². The first-order chi connectivity index (χ1) is 9.60. The number of rotatable bonds is 5. The number of nitrogens with zero attached hydrogens (tertiary/aromatic N) is 1. The molecule has 1 aromatic carbocycles. The summed E-state index contributed by atoms with van der Waals surface area (Å²) in [5.41, 5.74) is 1.04. The van der Waals surface area contributed by atoms with Gasteiger partial charge in [0.05, 0.1) is 6.61 Å². The molecule has 2 unspecified atom stereocenters. The van der Waals surface area contributed by atoms with E-state index in [-0.39, 0.29) is 18.4 Å². The average molecular weight is 285 g/mol. The molecule has 0 amide bonds. The van der Waals surface area contributed by atoms with E-state index in [0.29, 0.717) is 5.92 Å². The summed E-state index contributed by atoms with van der Waals surface area (Å²) >= 11 is 0. The van der Waals surface area contributed by atoms with Crippen molar-refractivity contribution in [2.75, 3.05) is 13.2 Å². The van der Waals surface area contributed by atoms with Crippen LogP contribution >= 0.6 is 0 Å². The monoisotopic (exact) mass is 285 g/mol. The van der Waals surface area contributed by atoms with E-state index in [9.17, 15) is 13.9 Å². The molecule has 2 atom stereocenters. The van der Waals surface area contributed by atoms with Gasteiger partial charge in [-0.05, 0) is 43.0 Å². The summed E-state index contributed by atoms with van der Waals surface area (Å²) in [6.07, 6.45) is 2.27. The second-order valence-electron chi connectivity index (χ2n) is 5.36. The summed E-state index contributed by atoms with van der Waals surface area (Å²) in [4.78, 5) is 2.26. The van der Waals surface area contributed by atoms with Crippen LogP contribution in [-0.2, 0) is 6.54 Å². The fourth-order valence-corrected chi connectivity index (χ4v) is 2.84. The Morgan fingerprint density at radius 2 is 2.05 bits per heavy atom. The number of piperidine rings is 1. The molecule has 0 saturated carbocycles. The smallest absolute Gasteiger partial charge is 0.387 e. The highest BCUT2D eigenvalue weighted by molar-refractivity contribution is 5.27. The molecule has 1 N–H and O–H groups in total. The van der Waals surface area contributed by atoms with Crippen molar-refractivity contribution < 1.29 is 18.6 Å². The van der Waals surface area contributed by atoms with Crippen molar-refractivity contribution in [3.63, 3.8) is 0 Å². The molecule has 1 heterocycles. The number of alkyl halides is 2. The summed E-state index contributed by atoms with van der Waals surface area (Å²) < 4.78 is 28.5. The molecule has 20 heavy (non-hydrogen) atoms. The molecular formula is C15H21F2NO2. The highest BCUT2D eigenvalue weighted by Gasteiger charge is 2.27. The van der Waals surface area contributed by atoms with Crippen LogP contribution in [0, 0.1) is 5.92 Å². The van der Waals surface area contributed by atoms with E-state index < -0.39 is 6.61 Å². The first kappa shape index (κ1) is 15.2. The first-order valence-electron chi connectivity index (χ1n) is 6.99. The predicted molar refractivity (Wildman–Crippen MR) is 72.8 cm³/mol. The van der Waals surface area contributed by atoms with E-state index in [1.807, 2.05) is 0 Å². The van der Waals surface area contributed by atoms with Gasteiger partial charge in [0.1, 0.15) is 5.75 Å². The third-order valence-electron chi connectivity index (χ3n) is 3.95. The van der Waals surface area contributed by atoms with E-state index >= 15 is 0 Å². The van der Waals surface area contributed by atoms with Crippen LogP contribution in [0.5, 0.6) is 5.75 Å². The van der Waals surface area contributed by atoms with Crippen molar-refractivity contribution in [1.82, 2.24) is 4.90 Å². The van der Waals surface area contributed by atoms with Crippen molar-refractivity contribution in [2.45, 2.75) is 39.0 Å². The summed E-state index contributed by atoms with van der Waals surface area (Å²) in [5.74, 6) is 0.657. The van der Waals surface area contributed by atoms with Crippen molar-refractivity contribution >= 4 is 0 Å². The maximum absolute atomic E-state index is 12.1. The number of benzene rings is 1. The molecule has 0 spiro atoms. The van der Waals surface area contributed by atoms with Gasteiger partial charge < -0.3 is 9.84 Å². The molecule has 0 radical (unpaired) electrons. The van der Waals surface area contributed by atoms with Gasteiger partial charge in [-0.1, -0.05) is 19.1 Å². The van der Waals surface area contributed by atoms with Crippen molar-refractivity contribution in [2.24, 2.45) is 5.92 Å². The maximum atomic E-state index is 12.1. The lowest BCUT2D eigenvalue weighted by Gasteiger charge is -2.39. The fourth-order valence-electron chi connectivity index (χ4n) is 2.84. The van der Waals surface area contributed by atoms with Crippen LogP contribution in [0.15, 0.2) is 24.3 Å². The zero-order valence-electron chi connectivity index (χ0n) is 11.6. The largest absolute Gasteiger partial charge is 0.435 e. The number of hydrogen-bond donors (Lipinski definition) is 1. The van der Waals surface area contributed by atoms with Crippen molar-refractivity contribution in [3.05, 3.63) is 29.8 Å². The number of halogens is 2. The highest BCUT2D eigenvalue weighted by atomic mass is 19.3. The SMILES string of the molecule is CC1CCCN(Cc2ccc(OC(F)F)cc2)C1CO. The van der Waals surface area contributed by atoms with Gasteiger partial charge in [-0.3, -0.25) is 4.90 Å². The second kappa shape index (κ2) is 6.99. The fraction of sp³-hybridized carbons (Fsp3) is 0.600. The summed E-state index contributed by atoms with van der Waals surface area (Å²) in [6.45, 7) is 1.22. The predicted octanol–water partition coefficient (Wildman–Crippen LogP) is 2.88. The first-order valence-corrected chi connectivity index (χ1v) is 6.99. The highest BCUT2D eigenvalue weighted by Crippen LogP contribution is 2.25. The summed E-state index contributed by atoms with van der Waals surface area (Å²) in [6, 6.07) is 6.89. The van der Waals surface area contributed by atoms with Crippen LogP contribution in [-0.4, -0.2) is 35.8 Å². The number of aliphatic hydroxyl groups is 1. The topological polar surface area (TPSA) is 32.7 Å². The normalized spacial score (nSPS) is 24.1. The minimum absolute atomic E-state index is 0.160. The molecule has 3 nitrogen and oxygen atoms in total.